The van der Waals surface area contributed by atoms with Crippen LogP contribution in [0.1, 0.15) is 5.56 Å². The molecule has 0 heterocycles. The van der Waals surface area contributed by atoms with Crippen LogP contribution in [0.4, 0.5) is 5.69 Å². The molecule has 0 bridgehead atoms. The van der Waals surface area contributed by atoms with Crippen molar-refractivity contribution in [1.29, 1.82) is 0 Å². The van der Waals surface area contributed by atoms with Gasteiger partial charge in [-0.05, 0) is 10.4 Å². The van der Waals surface area contributed by atoms with Crippen LogP contribution >= 0.6 is 11.6 Å². The van der Waals surface area contributed by atoms with E-state index >= 15 is 0 Å². The summed E-state index contributed by atoms with van der Waals surface area (Å²) in [6.45, 7) is 0. The van der Waals surface area contributed by atoms with E-state index in [0.717, 1.165) is 5.56 Å². The summed E-state index contributed by atoms with van der Waals surface area (Å²) in [7, 11) is 0. The van der Waals surface area contributed by atoms with Gasteiger partial charge in [0.1, 0.15) is 0 Å². The molecule has 1 aromatic rings. The zero-order valence-electron chi connectivity index (χ0n) is 6.85. The molecule has 1 rings (SSSR count). The second kappa shape index (κ2) is 5.34. The highest BCUT2D eigenvalue weighted by atomic mass is 35.5. The van der Waals surface area contributed by atoms with Gasteiger partial charge in [0.05, 0.1) is 0 Å². The fourth-order valence-electron chi connectivity index (χ4n) is 0.764. The lowest BCUT2D eigenvalue weighted by atomic mass is 10.2. The Morgan fingerprint density at radius 1 is 1.38 bits per heavy atom. The van der Waals surface area contributed by atoms with Gasteiger partial charge in [-0.3, -0.25) is 0 Å². The molecule has 0 saturated heterocycles. The van der Waals surface area contributed by atoms with Crippen molar-refractivity contribution in [2.24, 2.45) is 5.28 Å². The summed E-state index contributed by atoms with van der Waals surface area (Å²) in [4.78, 5) is 0.123. The standard InChI is InChI=1S/C7H7ClN2O2.H3N/c8-5-6-1-3-7(4-2-6)10(12)9-11;/h1-4,11H,5H2;1H3/b10-9-;. The van der Waals surface area contributed by atoms with E-state index in [2.05, 4.69) is 5.28 Å². The van der Waals surface area contributed by atoms with Crippen molar-refractivity contribution in [1.82, 2.24) is 6.15 Å². The Morgan fingerprint density at radius 2 is 1.92 bits per heavy atom. The van der Waals surface area contributed by atoms with E-state index in [1.54, 1.807) is 12.1 Å². The van der Waals surface area contributed by atoms with E-state index in [0.29, 0.717) is 5.88 Å². The van der Waals surface area contributed by atoms with E-state index in [4.69, 9.17) is 16.8 Å². The normalized spacial score (nSPS) is 10.7. The van der Waals surface area contributed by atoms with Crippen molar-refractivity contribution in [2.45, 2.75) is 5.88 Å². The van der Waals surface area contributed by atoms with Crippen molar-refractivity contribution in [3.8, 4) is 0 Å². The second-order valence-electron chi connectivity index (χ2n) is 2.16. The SMILES string of the molecule is N.[O-]/[N+](=N\O)c1ccc(CCl)cc1. The minimum absolute atomic E-state index is 0. The first-order chi connectivity index (χ1) is 5.77. The molecule has 0 aliphatic heterocycles. The van der Waals surface area contributed by atoms with Crippen molar-refractivity contribution >= 4 is 17.3 Å². The van der Waals surface area contributed by atoms with Gasteiger partial charge in [-0.15, -0.1) is 11.6 Å². The fraction of sp³-hybridized carbons (Fsp3) is 0.143. The van der Waals surface area contributed by atoms with Crippen molar-refractivity contribution in [3.63, 3.8) is 0 Å². The van der Waals surface area contributed by atoms with Gasteiger partial charge in [0, 0.05) is 18.0 Å². The zero-order valence-corrected chi connectivity index (χ0v) is 7.61. The number of hydrogen-bond donors (Lipinski definition) is 2. The van der Waals surface area contributed by atoms with Crippen molar-refractivity contribution in [3.05, 3.63) is 35.0 Å². The largest absolute Gasteiger partial charge is 0.592 e. The molecule has 4 N–H and O–H groups in total. The predicted molar refractivity (Wildman–Crippen MR) is 48.5 cm³/mol. The second-order valence-corrected chi connectivity index (χ2v) is 2.43. The number of nitrogens with zero attached hydrogens (tertiary/aromatic N) is 2. The summed E-state index contributed by atoms with van der Waals surface area (Å²) in [5, 5.41) is 21.3. The van der Waals surface area contributed by atoms with Crippen LogP contribution < -0.4 is 6.15 Å². The van der Waals surface area contributed by atoms with Crippen LogP contribution in [0.3, 0.4) is 0 Å². The van der Waals surface area contributed by atoms with Gasteiger partial charge < -0.3 is 16.6 Å². The Hall–Kier alpha value is -1.33. The van der Waals surface area contributed by atoms with E-state index in [-0.39, 0.29) is 16.7 Å². The van der Waals surface area contributed by atoms with Crippen LogP contribution in [0.25, 0.3) is 0 Å². The molecular formula is C7H10ClN3O2. The highest BCUT2D eigenvalue weighted by Gasteiger charge is 2.01. The lowest BCUT2D eigenvalue weighted by Gasteiger charge is -1.97. The van der Waals surface area contributed by atoms with Crippen LogP contribution in [-0.4, -0.2) is 10.1 Å². The first kappa shape index (κ1) is 11.7. The number of rotatable bonds is 2. The molecule has 0 radical (unpaired) electrons. The molecule has 0 spiro atoms. The maximum atomic E-state index is 10.7. The Kier molecular flexibility index (Phi) is 4.79. The molecule has 0 fully saturated rings. The monoisotopic (exact) mass is 203 g/mol. The van der Waals surface area contributed by atoms with Gasteiger partial charge in [-0.1, -0.05) is 12.1 Å². The Labute approximate surface area is 80.4 Å². The van der Waals surface area contributed by atoms with Gasteiger partial charge in [0.25, 0.3) is 0 Å². The highest BCUT2D eigenvalue weighted by Crippen LogP contribution is 2.13. The molecule has 0 unspecified atom stereocenters. The van der Waals surface area contributed by atoms with Gasteiger partial charge in [-0.2, -0.15) is 0 Å². The molecule has 72 valence electrons. The molecule has 6 heteroatoms. The van der Waals surface area contributed by atoms with Crippen LogP contribution in [0.2, 0.25) is 0 Å². The number of hydrogen-bond acceptors (Lipinski definition) is 3. The Balaban J connectivity index is 0.00000144. The molecule has 0 atom stereocenters. The third kappa shape index (κ3) is 2.89. The van der Waals surface area contributed by atoms with Gasteiger partial charge in [0.15, 0.2) is 0 Å². The van der Waals surface area contributed by atoms with E-state index in [1.807, 2.05) is 0 Å². The van der Waals surface area contributed by atoms with Crippen molar-refractivity contribution < 1.29 is 10.1 Å². The van der Waals surface area contributed by atoms with Gasteiger partial charge in [0.2, 0.25) is 11.0 Å². The topological polar surface area (TPSA) is 93.7 Å². The maximum Gasteiger partial charge on any atom is 0.248 e. The fourth-order valence-corrected chi connectivity index (χ4v) is 0.942. The number of alkyl halides is 1. The minimum Gasteiger partial charge on any atom is -0.592 e. The summed E-state index contributed by atoms with van der Waals surface area (Å²) < 4.78 is 0. The first-order valence-corrected chi connectivity index (χ1v) is 3.78. The Morgan fingerprint density at radius 3 is 2.31 bits per heavy atom. The number of benzene rings is 1. The summed E-state index contributed by atoms with van der Waals surface area (Å²) in [5.41, 5.74) is 1.18. The lowest BCUT2D eigenvalue weighted by Crippen LogP contribution is -1.90. The Bertz CT molecular complexity index is 286. The summed E-state index contributed by atoms with van der Waals surface area (Å²) >= 11 is 5.53. The highest BCUT2D eigenvalue weighted by molar-refractivity contribution is 6.17. The van der Waals surface area contributed by atoms with Crippen LogP contribution in [0, 0.1) is 5.21 Å². The maximum absolute atomic E-state index is 10.7. The summed E-state index contributed by atoms with van der Waals surface area (Å²) in [6.07, 6.45) is 0. The molecule has 0 aliphatic rings. The predicted octanol–water partition coefficient (Wildman–Crippen LogP) is 2.57. The van der Waals surface area contributed by atoms with Gasteiger partial charge in [-0.25, -0.2) is 0 Å². The van der Waals surface area contributed by atoms with E-state index < -0.39 is 0 Å². The van der Waals surface area contributed by atoms with Crippen LogP contribution in [0.5, 0.6) is 0 Å². The molecule has 0 amide bonds. The average molecular weight is 204 g/mol. The van der Waals surface area contributed by atoms with Crippen LogP contribution in [-0.2, 0) is 5.88 Å². The first-order valence-electron chi connectivity index (χ1n) is 3.25. The molecule has 1 aromatic carbocycles. The average Bonchev–Trinajstić information content (AvgIpc) is 2.17. The quantitative estimate of drug-likeness (QED) is 0.335. The lowest BCUT2D eigenvalue weighted by molar-refractivity contribution is -0.473. The molecule has 0 saturated carbocycles. The molecule has 0 aliphatic carbocycles. The van der Waals surface area contributed by atoms with Crippen LogP contribution in [0.15, 0.2) is 29.5 Å². The molecule has 13 heavy (non-hydrogen) atoms. The van der Waals surface area contributed by atoms with E-state index in [9.17, 15) is 5.21 Å². The van der Waals surface area contributed by atoms with Crippen molar-refractivity contribution in [2.75, 3.05) is 0 Å². The zero-order chi connectivity index (χ0) is 8.97. The molecule has 5 nitrogen and oxygen atoms in total. The third-order valence-corrected chi connectivity index (χ3v) is 1.70. The molecule has 0 aromatic heterocycles. The van der Waals surface area contributed by atoms with E-state index in [1.165, 1.54) is 12.1 Å². The van der Waals surface area contributed by atoms with Gasteiger partial charge >= 0.3 is 0 Å². The minimum atomic E-state index is 0. The molecular weight excluding hydrogens is 194 g/mol. The summed E-state index contributed by atoms with van der Waals surface area (Å²) in [6, 6.07) is 6.45. The number of halogens is 1. The third-order valence-electron chi connectivity index (χ3n) is 1.39. The smallest absolute Gasteiger partial charge is 0.248 e. The summed E-state index contributed by atoms with van der Waals surface area (Å²) in [5.74, 6) is 0.398.